The minimum atomic E-state index is -0.723. The van der Waals surface area contributed by atoms with E-state index in [4.69, 9.17) is 0 Å². The van der Waals surface area contributed by atoms with E-state index in [1.807, 2.05) is 30.3 Å². The molecule has 0 unspecified atom stereocenters. The second kappa shape index (κ2) is 8.40. The molecular weight excluding hydrogens is 448 g/mol. The van der Waals surface area contributed by atoms with Crippen LogP contribution in [0, 0.1) is 11.6 Å². The van der Waals surface area contributed by atoms with Gasteiger partial charge in [-0.3, -0.25) is 19.1 Å². The van der Waals surface area contributed by atoms with Gasteiger partial charge in [-0.05, 0) is 35.2 Å². The van der Waals surface area contributed by atoms with Gasteiger partial charge in [-0.15, -0.1) is 11.3 Å². The van der Waals surface area contributed by atoms with Crippen LogP contribution in [0.2, 0.25) is 0 Å². The molecule has 33 heavy (non-hydrogen) atoms. The van der Waals surface area contributed by atoms with Crippen LogP contribution in [0.4, 0.5) is 8.78 Å². The highest BCUT2D eigenvalue weighted by atomic mass is 32.1. The Morgan fingerprint density at radius 2 is 1.76 bits per heavy atom. The minimum Gasteiger partial charge on any atom is -0.337 e. The van der Waals surface area contributed by atoms with Crippen molar-refractivity contribution >= 4 is 27.5 Å². The van der Waals surface area contributed by atoms with E-state index < -0.39 is 17.3 Å². The number of amides is 1. The molecule has 2 aromatic carbocycles. The monoisotopic (exact) mass is 467 g/mol. The van der Waals surface area contributed by atoms with Crippen molar-refractivity contribution < 1.29 is 13.6 Å². The molecule has 0 bridgehead atoms. The maximum absolute atomic E-state index is 13.5. The summed E-state index contributed by atoms with van der Waals surface area (Å²) < 4.78 is 28.1. The molecule has 1 amide bonds. The number of aromatic amines is 1. The maximum Gasteiger partial charge on any atom is 0.329 e. The first-order valence-corrected chi connectivity index (χ1v) is 11.2. The van der Waals surface area contributed by atoms with E-state index >= 15 is 0 Å². The van der Waals surface area contributed by atoms with Gasteiger partial charge in [-0.1, -0.05) is 30.3 Å². The lowest BCUT2D eigenvalue weighted by atomic mass is 10.0. The van der Waals surface area contributed by atoms with Crippen molar-refractivity contribution in [2.45, 2.75) is 25.9 Å². The van der Waals surface area contributed by atoms with Gasteiger partial charge >= 0.3 is 5.69 Å². The van der Waals surface area contributed by atoms with E-state index in [1.54, 1.807) is 4.90 Å². The number of fused-ring (bicyclic) bond motifs is 3. The molecule has 0 fully saturated rings. The molecule has 2 aromatic heterocycles. The van der Waals surface area contributed by atoms with E-state index in [0.717, 1.165) is 34.2 Å². The summed E-state index contributed by atoms with van der Waals surface area (Å²) in [6, 6.07) is 12.3. The first-order chi connectivity index (χ1) is 15.9. The summed E-state index contributed by atoms with van der Waals surface area (Å²) in [5.41, 5.74) is 1.15. The highest BCUT2D eigenvalue weighted by molar-refractivity contribution is 7.18. The summed E-state index contributed by atoms with van der Waals surface area (Å²) in [6.45, 7) is 0.836. The fraction of sp³-hybridized carbons (Fsp3) is 0.208. The molecule has 0 atom stereocenters. The molecule has 0 spiro atoms. The summed E-state index contributed by atoms with van der Waals surface area (Å²) in [4.78, 5) is 44.3. The van der Waals surface area contributed by atoms with Crippen LogP contribution < -0.4 is 11.2 Å². The number of hydrogen-bond donors (Lipinski definition) is 1. The third kappa shape index (κ3) is 4.11. The zero-order valence-corrected chi connectivity index (χ0v) is 18.3. The van der Waals surface area contributed by atoms with Crippen molar-refractivity contribution in [3.8, 4) is 0 Å². The molecular formula is C24H19F2N3O3S. The summed E-state index contributed by atoms with van der Waals surface area (Å²) in [6.07, 6.45) is 0.348. The summed E-state index contributed by atoms with van der Waals surface area (Å²) in [7, 11) is 0. The molecule has 6 nitrogen and oxygen atoms in total. The van der Waals surface area contributed by atoms with E-state index in [1.165, 1.54) is 15.9 Å². The van der Waals surface area contributed by atoms with Gasteiger partial charge in [0.1, 0.15) is 16.5 Å². The number of hydrogen-bond acceptors (Lipinski definition) is 4. The largest absolute Gasteiger partial charge is 0.337 e. The zero-order valence-electron chi connectivity index (χ0n) is 17.4. The average Bonchev–Trinajstić information content (AvgIpc) is 3.14. The van der Waals surface area contributed by atoms with Crippen LogP contribution in [0.1, 0.15) is 21.6 Å². The van der Waals surface area contributed by atoms with E-state index in [2.05, 4.69) is 4.98 Å². The number of benzene rings is 2. The first-order valence-electron chi connectivity index (χ1n) is 10.4. The lowest BCUT2D eigenvalue weighted by Crippen LogP contribution is -2.37. The number of H-pyrrole nitrogens is 1. The molecule has 9 heteroatoms. The molecule has 1 N–H and O–H groups in total. The predicted octanol–water partition coefficient (Wildman–Crippen LogP) is 3.21. The Hall–Kier alpha value is -3.59. The number of rotatable bonds is 4. The smallest absolute Gasteiger partial charge is 0.329 e. The number of halogens is 2. The van der Waals surface area contributed by atoms with Gasteiger partial charge in [0.2, 0.25) is 5.91 Å². The SMILES string of the molecule is O=C(Cc1cc(F)cc(F)c1)N1CCc2c(sc3[nH]c(=O)n(Cc4ccccc4)c(=O)c23)C1. The summed E-state index contributed by atoms with van der Waals surface area (Å²) >= 11 is 1.29. The number of nitrogens with zero attached hydrogens (tertiary/aromatic N) is 2. The normalized spacial score (nSPS) is 13.3. The molecule has 0 saturated carbocycles. The highest BCUT2D eigenvalue weighted by Crippen LogP contribution is 2.32. The van der Waals surface area contributed by atoms with Gasteiger partial charge in [-0.2, -0.15) is 0 Å². The Balaban J connectivity index is 1.43. The van der Waals surface area contributed by atoms with Crippen LogP contribution in [0.25, 0.3) is 10.2 Å². The molecule has 0 radical (unpaired) electrons. The Labute approximate surface area is 190 Å². The minimum absolute atomic E-state index is 0.115. The van der Waals surface area contributed by atoms with Gasteiger partial charge in [0.15, 0.2) is 0 Å². The fourth-order valence-corrected chi connectivity index (χ4v) is 5.48. The standard InChI is InChI=1S/C24H19F2N3O3S/c25-16-8-15(9-17(26)11-16)10-20(30)28-7-6-18-19(13-28)33-22-21(18)23(31)29(24(32)27-22)12-14-4-2-1-3-5-14/h1-5,8-9,11H,6-7,10,12-13H2,(H,27,32). The molecule has 1 aliphatic heterocycles. The molecule has 1 aliphatic rings. The summed E-state index contributed by atoms with van der Waals surface area (Å²) in [5.74, 6) is -1.70. The second-order valence-corrected chi connectivity index (χ2v) is 9.14. The van der Waals surface area contributed by atoms with Crippen LogP contribution in [-0.2, 0) is 30.7 Å². The lowest BCUT2D eigenvalue weighted by molar-refractivity contribution is -0.131. The Morgan fingerprint density at radius 1 is 1.03 bits per heavy atom. The second-order valence-electron chi connectivity index (χ2n) is 8.03. The van der Waals surface area contributed by atoms with Gasteiger partial charge < -0.3 is 4.90 Å². The highest BCUT2D eigenvalue weighted by Gasteiger charge is 2.27. The Kier molecular flexibility index (Phi) is 5.41. The van der Waals surface area contributed by atoms with Gasteiger partial charge in [0, 0.05) is 17.5 Å². The van der Waals surface area contributed by atoms with Crippen molar-refractivity contribution in [3.63, 3.8) is 0 Å². The molecule has 0 aliphatic carbocycles. The van der Waals surface area contributed by atoms with Crippen molar-refractivity contribution in [2.75, 3.05) is 6.54 Å². The van der Waals surface area contributed by atoms with E-state index in [-0.39, 0.29) is 36.5 Å². The molecule has 5 rings (SSSR count). The van der Waals surface area contributed by atoms with Crippen LogP contribution >= 0.6 is 11.3 Å². The van der Waals surface area contributed by atoms with E-state index in [9.17, 15) is 23.2 Å². The van der Waals surface area contributed by atoms with Crippen LogP contribution in [0.3, 0.4) is 0 Å². The number of nitrogens with one attached hydrogen (secondary N) is 1. The third-order valence-electron chi connectivity index (χ3n) is 5.80. The molecule has 4 aromatic rings. The molecule has 0 saturated heterocycles. The van der Waals surface area contributed by atoms with Gasteiger partial charge in [0.05, 0.1) is 24.9 Å². The topological polar surface area (TPSA) is 75.2 Å². The van der Waals surface area contributed by atoms with Crippen molar-refractivity contribution in [2.24, 2.45) is 0 Å². The maximum atomic E-state index is 13.5. The van der Waals surface area contributed by atoms with Gasteiger partial charge in [0.25, 0.3) is 5.56 Å². The van der Waals surface area contributed by atoms with Crippen molar-refractivity contribution in [3.05, 3.63) is 103 Å². The third-order valence-corrected chi connectivity index (χ3v) is 6.93. The molecule has 168 valence electrons. The Bertz CT molecular complexity index is 1470. The first kappa shape index (κ1) is 21.3. The van der Waals surface area contributed by atoms with Crippen molar-refractivity contribution in [1.29, 1.82) is 0 Å². The molecule has 3 heterocycles. The van der Waals surface area contributed by atoms with Crippen LogP contribution in [0.5, 0.6) is 0 Å². The zero-order chi connectivity index (χ0) is 23.1. The fourth-order valence-electron chi connectivity index (χ4n) is 4.23. The lowest BCUT2D eigenvalue weighted by Gasteiger charge is -2.27. The van der Waals surface area contributed by atoms with Crippen LogP contribution in [0.15, 0.2) is 58.1 Å². The summed E-state index contributed by atoms with van der Waals surface area (Å²) in [5, 5.41) is 0.491. The van der Waals surface area contributed by atoms with Crippen molar-refractivity contribution in [1.82, 2.24) is 14.5 Å². The quantitative estimate of drug-likeness (QED) is 0.501. The Morgan fingerprint density at radius 3 is 2.48 bits per heavy atom. The van der Waals surface area contributed by atoms with Gasteiger partial charge in [-0.25, -0.2) is 13.6 Å². The van der Waals surface area contributed by atoms with Crippen LogP contribution in [-0.4, -0.2) is 26.9 Å². The number of carbonyl (C=O) groups excluding carboxylic acids is 1. The predicted molar refractivity (Wildman–Crippen MR) is 121 cm³/mol. The number of thiophene rings is 1. The number of carbonyl (C=O) groups is 1. The average molecular weight is 467 g/mol. The van der Waals surface area contributed by atoms with E-state index in [0.29, 0.717) is 23.2 Å². The number of aromatic nitrogens is 2.